The Hall–Kier alpha value is -2.67. The molecule has 0 spiro atoms. The molecule has 3 rings (SSSR count). The first-order chi connectivity index (χ1) is 12.2. The lowest BCUT2D eigenvalue weighted by Gasteiger charge is -2.12. The topological polar surface area (TPSA) is 99.4 Å². The summed E-state index contributed by atoms with van der Waals surface area (Å²) in [6.07, 6.45) is 5.00. The van der Waals surface area contributed by atoms with E-state index in [1.165, 1.54) is 5.56 Å². The molecule has 0 fully saturated rings. The quantitative estimate of drug-likeness (QED) is 0.785. The Morgan fingerprint density at radius 3 is 3.04 bits per heavy atom. The summed E-state index contributed by atoms with van der Waals surface area (Å²) in [6, 6.07) is 5.07. The monoisotopic (exact) mass is 342 g/mol. The van der Waals surface area contributed by atoms with Crippen LogP contribution < -0.4 is 20.5 Å². The normalized spacial score (nSPS) is 12.6. The van der Waals surface area contributed by atoms with Crippen molar-refractivity contribution in [3.8, 4) is 11.5 Å². The number of carbonyl (C=O) groups is 1. The second kappa shape index (κ2) is 7.94. The number of benzene rings is 1. The Balaban J connectivity index is 1.70. The Morgan fingerprint density at radius 1 is 1.36 bits per heavy atom. The molecule has 2 aromatic rings. The molecule has 25 heavy (non-hydrogen) atoms. The van der Waals surface area contributed by atoms with E-state index >= 15 is 0 Å². The molecule has 132 valence electrons. The molecular weight excluding hydrogens is 320 g/mol. The van der Waals surface area contributed by atoms with E-state index in [0.29, 0.717) is 36.0 Å². The minimum Gasteiger partial charge on any atom is -0.497 e. The van der Waals surface area contributed by atoms with Gasteiger partial charge in [-0.2, -0.15) is 0 Å². The van der Waals surface area contributed by atoms with E-state index in [1.807, 2.05) is 6.20 Å². The molecule has 3 N–H and O–H groups in total. The Kier molecular flexibility index (Phi) is 5.45. The third kappa shape index (κ3) is 4.06. The fourth-order valence-electron chi connectivity index (χ4n) is 2.80. The zero-order valence-electron chi connectivity index (χ0n) is 14.2. The predicted molar refractivity (Wildman–Crippen MR) is 92.8 cm³/mol. The summed E-state index contributed by atoms with van der Waals surface area (Å²) in [4.78, 5) is 21.4. The molecule has 7 heteroatoms. The van der Waals surface area contributed by atoms with Gasteiger partial charge in [0.15, 0.2) is 0 Å². The number of methoxy groups -OCH3 is 1. The first kappa shape index (κ1) is 17.2. The second-order valence-electron chi connectivity index (χ2n) is 5.79. The molecule has 1 amide bonds. The van der Waals surface area contributed by atoms with Crippen LogP contribution in [0.2, 0.25) is 0 Å². The van der Waals surface area contributed by atoms with Crippen LogP contribution in [0.1, 0.15) is 33.9 Å². The SMILES string of the molecule is COc1ccc(C(=O)NCc2ncc3c(n2)CCC3)c(OCCN)c1. The van der Waals surface area contributed by atoms with Crippen molar-refractivity contribution in [3.63, 3.8) is 0 Å². The lowest BCUT2D eigenvalue weighted by molar-refractivity contribution is 0.0946. The van der Waals surface area contributed by atoms with Crippen molar-refractivity contribution in [2.75, 3.05) is 20.3 Å². The number of amides is 1. The number of nitrogens with zero attached hydrogens (tertiary/aromatic N) is 2. The van der Waals surface area contributed by atoms with Gasteiger partial charge in [0.1, 0.15) is 23.9 Å². The van der Waals surface area contributed by atoms with Crippen LogP contribution >= 0.6 is 0 Å². The lowest BCUT2D eigenvalue weighted by Crippen LogP contribution is -2.25. The minimum atomic E-state index is -0.251. The molecular formula is C18H22N4O3. The van der Waals surface area contributed by atoms with E-state index in [4.69, 9.17) is 15.2 Å². The zero-order valence-corrected chi connectivity index (χ0v) is 14.2. The van der Waals surface area contributed by atoms with Gasteiger partial charge in [-0.25, -0.2) is 9.97 Å². The zero-order chi connectivity index (χ0) is 17.6. The van der Waals surface area contributed by atoms with Gasteiger partial charge in [-0.1, -0.05) is 0 Å². The first-order valence-electron chi connectivity index (χ1n) is 8.34. The van der Waals surface area contributed by atoms with Gasteiger partial charge < -0.3 is 20.5 Å². The number of hydrogen-bond donors (Lipinski definition) is 2. The molecule has 0 unspecified atom stereocenters. The highest BCUT2D eigenvalue weighted by Crippen LogP contribution is 2.25. The molecule has 0 bridgehead atoms. The van der Waals surface area contributed by atoms with Crippen LogP contribution in [0.25, 0.3) is 0 Å². The van der Waals surface area contributed by atoms with Crippen molar-refractivity contribution >= 4 is 5.91 Å². The van der Waals surface area contributed by atoms with Crippen LogP contribution in [-0.4, -0.2) is 36.1 Å². The number of aryl methyl sites for hydroxylation is 2. The maximum absolute atomic E-state index is 12.5. The standard InChI is InChI=1S/C18H22N4O3/c1-24-13-5-6-14(16(9-13)25-8-7-19)18(23)21-11-17-20-10-12-3-2-4-15(12)22-17/h5-6,9-10H,2-4,7-8,11,19H2,1H3,(H,21,23). The Labute approximate surface area is 146 Å². The van der Waals surface area contributed by atoms with Crippen LogP contribution in [0, 0.1) is 0 Å². The van der Waals surface area contributed by atoms with Gasteiger partial charge in [-0.3, -0.25) is 4.79 Å². The molecule has 0 saturated heterocycles. The average Bonchev–Trinajstić information content (AvgIpc) is 3.12. The van der Waals surface area contributed by atoms with E-state index in [-0.39, 0.29) is 12.5 Å². The van der Waals surface area contributed by atoms with Crippen molar-refractivity contribution in [2.24, 2.45) is 5.73 Å². The smallest absolute Gasteiger partial charge is 0.255 e. The summed E-state index contributed by atoms with van der Waals surface area (Å²) in [6.45, 7) is 0.955. The molecule has 0 saturated carbocycles. The molecule has 0 radical (unpaired) electrons. The van der Waals surface area contributed by atoms with E-state index in [1.54, 1.807) is 25.3 Å². The summed E-state index contributed by atoms with van der Waals surface area (Å²) >= 11 is 0. The molecule has 1 aliphatic carbocycles. The number of carbonyl (C=O) groups excluding carboxylic acids is 1. The fraction of sp³-hybridized carbons (Fsp3) is 0.389. The van der Waals surface area contributed by atoms with Crippen molar-refractivity contribution in [3.05, 3.63) is 47.0 Å². The number of nitrogens with one attached hydrogen (secondary N) is 1. The second-order valence-corrected chi connectivity index (χ2v) is 5.79. The van der Waals surface area contributed by atoms with Crippen molar-refractivity contribution in [1.82, 2.24) is 15.3 Å². The van der Waals surface area contributed by atoms with Crippen molar-refractivity contribution in [1.29, 1.82) is 0 Å². The third-order valence-corrected chi connectivity index (χ3v) is 4.08. The third-order valence-electron chi connectivity index (χ3n) is 4.08. The number of hydrogen-bond acceptors (Lipinski definition) is 6. The van der Waals surface area contributed by atoms with E-state index in [2.05, 4.69) is 15.3 Å². The molecule has 1 aromatic heterocycles. The molecule has 1 aromatic carbocycles. The summed E-state index contributed by atoms with van der Waals surface area (Å²) in [5, 5.41) is 2.84. The van der Waals surface area contributed by atoms with E-state index < -0.39 is 0 Å². The number of rotatable bonds is 7. The predicted octanol–water partition coefficient (Wildman–Crippen LogP) is 1.24. The van der Waals surface area contributed by atoms with Crippen LogP contribution in [0.4, 0.5) is 0 Å². The average molecular weight is 342 g/mol. The van der Waals surface area contributed by atoms with Crippen LogP contribution in [0.3, 0.4) is 0 Å². The highest BCUT2D eigenvalue weighted by Gasteiger charge is 2.16. The molecule has 7 nitrogen and oxygen atoms in total. The van der Waals surface area contributed by atoms with Crippen LogP contribution in [0.15, 0.2) is 24.4 Å². The maximum atomic E-state index is 12.5. The van der Waals surface area contributed by atoms with Gasteiger partial charge in [-0.05, 0) is 37.0 Å². The summed E-state index contributed by atoms with van der Waals surface area (Å²) in [7, 11) is 1.56. The summed E-state index contributed by atoms with van der Waals surface area (Å²) in [5.41, 5.74) is 8.21. The number of nitrogens with two attached hydrogens (primary N) is 1. The minimum absolute atomic E-state index is 0.251. The van der Waals surface area contributed by atoms with Gasteiger partial charge in [0, 0.05) is 24.5 Å². The number of aromatic nitrogens is 2. The summed E-state index contributed by atoms with van der Waals surface area (Å²) in [5.74, 6) is 1.42. The molecule has 1 aliphatic rings. The Bertz CT molecular complexity index is 764. The van der Waals surface area contributed by atoms with Crippen molar-refractivity contribution in [2.45, 2.75) is 25.8 Å². The number of ether oxygens (including phenoxy) is 2. The molecule has 0 aliphatic heterocycles. The molecule has 0 atom stereocenters. The Morgan fingerprint density at radius 2 is 2.24 bits per heavy atom. The van der Waals surface area contributed by atoms with Gasteiger partial charge in [-0.15, -0.1) is 0 Å². The molecule has 1 heterocycles. The lowest BCUT2D eigenvalue weighted by atomic mass is 10.1. The highest BCUT2D eigenvalue weighted by molar-refractivity contribution is 5.97. The summed E-state index contributed by atoms with van der Waals surface area (Å²) < 4.78 is 10.7. The van der Waals surface area contributed by atoms with Gasteiger partial charge in [0.25, 0.3) is 5.91 Å². The van der Waals surface area contributed by atoms with Crippen molar-refractivity contribution < 1.29 is 14.3 Å². The largest absolute Gasteiger partial charge is 0.497 e. The van der Waals surface area contributed by atoms with Gasteiger partial charge >= 0.3 is 0 Å². The number of fused-ring (bicyclic) bond motifs is 1. The van der Waals surface area contributed by atoms with Gasteiger partial charge in [0.05, 0.1) is 19.2 Å². The van der Waals surface area contributed by atoms with E-state index in [9.17, 15) is 4.79 Å². The van der Waals surface area contributed by atoms with Crippen LogP contribution in [-0.2, 0) is 19.4 Å². The fourth-order valence-corrected chi connectivity index (χ4v) is 2.80. The van der Waals surface area contributed by atoms with Crippen LogP contribution in [0.5, 0.6) is 11.5 Å². The van der Waals surface area contributed by atoms with Gasteiger partial charge in [0.2, 0.25) is 0 Å². The first-order valence-corrected chi connectivity index (χ1v) is 8.34. The maximum Gasteiger partial charge on any atom is 0.255 e. The highest BCUT2D eigenvalue weighted by atomic mass is 16.5. The van der Waals surface area contributed by atoms with E-state index in [0.717, 1.165) is 25.0 Å².